The second-order valence-corrected chi connectivity index (χ2v) is 6.21. The quantitative estimate of drug-likeness (QED) is 0.865. The number of nitrogens with zero attached hydrogens (tertiary/aromatic N) is 3. The van der Waals surface area contributed by atoms with Gasteiger partial charge in [-0.25, -0.2) is 4.68 Å². The van der Waals surface area contributed by atoms with Crippen LogP contribution in [0.5, 0.6) is 0 Å². The molecule has 0 amide bonds. The van der Waals surface area contributed by atoms with Crippen molar-refractivity contribution in [3.05, 3.63) is 51.4 Å². The number of Topliss-reactive ketones (excluding diaryl/α,β-unsaturated/α-hetero) is 1. The van der Waals surface area contributed by atoms with Crippen LogP contribution in [0.15, 0.2) is 35.8 Å². The Morgan fingerprint density at radius 1 is 1.23 bits per heavy atom. The molecule has 0 saturated carbocycles. The number of anilines is 1. The van der Waals surface area contributed by atoms with Crippen LogP contribution in [0.1, 0.15) is 30.9 Å². The van der Waals surface area contributed by atoms with E-state index in [9.17, 15) is 4.79 Å². The summed E-state index contributed by atoms with van der Waals surface area (Å²) in [5, 5.41) is 8.45. The van der Waals surface area contributed by atoms with Gasteiger partial charge < -0.3 is 5.32 Å². The van der Waals surface area contributed by atoms with Crippen molar-refractivity contribution in [2.75, 3.05) is 5.32 Å². The average molecular weight is 335 g/mol. The average Bonchev–Trinajstić information content (AvgIpc) is 2.96. The van der Waals surface area contributed by atoms with Crippen molar-refractivity contribution in [1.82, 2.24) is 14.8 Å². The number of halogens is 2. The van der Waals surface area contributed by atoms with Crippen LogP contribution in [0.4, 0.5) is 5.95 Å². The third-order valence-corrected chi connectivity index (χ3v) is 4.81. The topological polar surface area (TPSA) is 59.8 Å². The highest BCUT2D eigenvalue weighted by molar-refractivity contribution is 6.42. The first-order chi connectivity index (χ1) is 10.6. The molecular weight excluding hydrogens is 323 g/mol. The van der Waals surface area contributed by atoms with Crippen molar-refractivity contribution in [3.8, 4) is 0 Å². The number of hydrogen-bond acceptors (Lipinski definition) is 4. The fourth-order valence-electron chi connectivity index (χ4n) is 3.09. The molecule has 0 spiro atoms. The number of carbonyl (C=O) groups excluding carboxylic acids is 1. The Morgan fingerprint density at radius 2 is 2.09 bits per heavy atom. The molecule has 1 aromatic heterocycles. The Kier molecular flexibility index (Phi) is 3.20. The Bertz CT molecular complexity index is 812. The Balaban J connectivity index is 1.92. The van der Waals surface area contributed by atoms with Gasteiger partial charge in [-0.2, -0.15) is 10.1 Å². The number of allylic oxidation sites excluding steroid dienone is 2. The largest absolute Gasteiger partial charge is 0.328 e. The van der Waals surface area contributed by atoms with Crippen LogP contribution in [-0.4, -0.2) is 20.5 Å². The number of rotatable bonds is 1. The van der Waals surface area contributed by atoms with Crippen molar-refractivity contribution < 1.29 is 4.79 Å². The van der Waals surface area contributed by atoms with Crippen molar-refractivity contribution >= 4 is 34.9 Å². The fraction of sp³-hybridized carbons (Fsp3) is 0.267. The van der Waals surface area contributed by atoms with Gasteiger partial charge in [0.15, 0.2) is 5.78 Å². The molecule has 1 N–H and O–H groups in total. The minimum absolute atomic E-state index is 0.144. The van der Waals surface area contributed by atoms with E-state index in [1.165, 1.54) is 6.33 Å². The zero-order chi connectivity index (χ0) is 15.3. The van der Waals surface area contributed by atoms with Crippen molar-refractivity contribution in [2.45, 2.75) is 25.3 Å². The molecule has 0 radical (unpaired) electrons. The minimum Gasteiger partial charge on any atom is -0.328 e. The number of hydrogen-bond donors (Lipinski definition) is 1. The summed E-state index contributed by atoms with van der Waals surface area (Å²) < 4.78 is 1.72. The standard InChI is InChI=1S/C15H12Cl2N4O/c16-9-5-4-8(6-10(9)17)14-13-11(2-1-3-12(13)22)20-15-18-7-19-21(14)15/h4-7,14H,1-3H2,(H,18,19,20). The molecule has 112 valence electrons. The van der Waals surface area contributed by atoms with E-state index < -0.39 is 0 Å². The lowest BCUT2D eigenvalue weighted by Gasteiger charge is -2.32. The molecule has 0 saturated heterocycles. The van der Waals surface area contributed by atoms with Crippen molar-refractivity contribution in [3.63, 3.8) is 0 Å². The maximum atomic E-state index is 12.5. The second kappa shape index (κ2) is 5.11. The molecule has 7 heteroatoms. The van der Waals surface area contributed by atoms with Crippen LogP contribution in [0.2, 0.25) is 10.0 Å². The van der Waals surface area contributed by atoms with Crippen molar-refractivity contribution in [1.29, 1.82) is 0 Å². The van der Waals surface area contributed by atoms with Crippen molar-refractivity contribution in [2.24, 2.45) is 0 Å². The van der Waals surface area contributed by atoms with Gasteiger partial charge in [0, 0.05) is 17.7 Å². The van der Waals surface area contributed by atoms with Gasteiger partial charge in [0.1, 0.15) is 12.4 Å². The van der Waals surface area contributed by atoms with Crippen LogP contribution in [0, 0.1) is 0 Å². The lowest BCUT2D eigenvalue weighted by atomic mass is 9.85. The highest BCUT2D eigenvalue weighted by Crippen LogP contribution is 2.40. The molecule has 22 heavy (non-hydrogen) atoms. The third-order valence-electron chi connectivity index (χ3n) is 4.07. The molecule has 1 atom stereocenters. The fourth-order valence-corrected chi connectivity index (χ4v) is 3.39. The van der Waals surface area contributed by atoms with Crippen LogP contribution in [0.25, 0.3) is 0 Å². The van der Waals surface area contributed by atoms with Crippen LogP contribution in [-0.2, 0) is 4.79 Å². The smallest absolute Gasteiger partial charge is 0.226 e. The van der Waals surface area contributed by atoms with Crippen LogP contribution < -0.4 is 5.32 Å². The van der Waals surface area contributed by atoms with Gasteiger partial charge in [0.25, 0.3) is 0 Å². The summed E-state index contributed by atoms with van der Waals surface area (Å²) in [4.78, 5) is 16.7. The first-order valence-electron chi connectivity index (χ1n) is 7.03. The summed E-state index contributed by atoms with van der Waals surface area (Å²) in [5.41, 5.74) is 2.57. The monoisotopic (exact) mass is 334 g/mol. The van der Waals surface area contributed by atoms with E-state index in [0.717, 1.165) is 29.7 Å². The molecule has 2 aliphatic rings. The number of aromatic nitrogens is 3. The molecule has 0 fully saturated rings. The molecule has 1 aliphatic carbocycles. The van der Waals surface area contributed by atoms with E-state index in [2.05, 4.69) is 15.4 Å². The molecule has 1 unspecified atom stereocenters. The Morgan fingerprint density at radius 3 is 2.91 bits per heavy atom. The lowest BCUT2D eigenvalue weighted by molar-refractivity contribution is -0.116. The number of fused-ring (bicyclic) bond motifs is 1. The number of nitrogens with one attached hydrogen (secondary N) is 1. The highest BCUT2D eigenvalue weighted by atomic mass is 35.5. The zero-order valence-corrected chi connectivity index (χ0v) is 13.0. The number of ketones is 1. The van der Waals surface area contributed by atoms with Gasteiger partial charge in [-0.1, -0.05) is 29.3 Å². The number of benzene rings is 1. The summed E-state index contributed by atoms with van der Waals surface area (Å²) in [7, 11) is 0. The number of carbonyl (C=O) groups is 1. The first kappa shape index (κ1) is 13.8. The van der Waals surface area contributed by atoms with E-state index in [1.54, 1.807) is 16.8 Å². The SMILES string of the molecule is O=C1CCCC2=C1C(c1ccc(Cl)c(Cl)c1)n1ncnc1N2. The molecular formula is C15H12Cl2N4O. The van der Waals surface area contributed by atoms with E-state index in [1.807, 2.05) is 6.07 Å². The highest BCUT2D eigenvalue weighted by Gasteiger charge is 2.36. The van der Waals surface area contributed by atoms with E-state index in [0.29, 0.717) is 22.4 Å². The predicted octanol–water partition coefficient (Wildman–Crippen LogP) is 3.61. The molecule has 0 bridgehead atoms. The summed E-state index contributed by atoms with van der Waals surface area (Å²) in [5.74, 6) is 0.787. The zero-order valence-electron chi connectivity index (χ0n) is 11.5. The van der Waals surface area contributed by atoms with Gasteiger partial charge in [-0.15, -0.1) is 0 Å². The summed E-state index contributed by atoms with van der Waals surface area (Å²) in [6.07, 6.45) is 3.73. The third kappa shape index (κ3) is 2.04. The molecule has 1 aliphatic heterocycles. The van der Waals surface area contributed by atoms with Gasteiger partial charge >= 0.3 is 0 Å². The normalized spacial score (nSPS) is 20.5. The van der Waals surface area contributed by atoms with Gasteiger partial charge in [-0.3, -0.25) is 4.79 Å². The summed E-state index contributed by atoms with van der Waals surface area (Å²) in [6.45, 7) is 0. The maximum absolute atomic E-state index is 12.5. The molecule has 4 rings (SSSR count). The summed E-state index contributed by atoms with van der Waals surface area (Å²) in [6, 6.07) is 5.10. The molecule has 1 aromatic carbocycles. The van der Waals surface area contributed by atoms with Gasteiger partial charge in [0.2, 0.25) is 5.95 Å². The molecule has 2 aromatic rings. The lowest BCUT2D eigenvalue weighted by Crippen LogP contribution is -2.31. The van der Waals surface area contributed by atoms with Crippen LogP contribution >= 0.6 is 23.2 Å². The Hall–Kier alpha value is -1.85. The van der Waals surface area contributed by atoms with E-state index in [4.69, 9.17) is 23.2 Å². The second-order valence-electron chi connectivity index (χ2n) is 5.40. The Labute approximate surface area is 136 Å². The van der Waals surface area contributed by atoms with Gasteiger partial charge in [0.05, 0.1) is 10.0 Å². The first-order valence-corrected chi connectivity index (χ1v) is 7.78. The summed E-state index contributed by atoms with van der Waals surface area (Å²) >= 11 is 12.2. The van der Waals surface area contributed by atoms with Gasteiger partial charge in [-0.05, 0) is 30.5 Å². The molecule has 2 heterocycles. The molecule has 5 nitrogen and oxygen atoms in total. The maximum Gasteiger partial charge on any atom is 0.226 e. The van der Waals surface area contributed by atoms with Crippen LogP contribution in [0.3, 0.4) is 0 Å². The van der Waals surface area contributed by atoms with E-state index in [-0.39, 0.29) is 11.8 Å². The predicted molar refractivity (Wildman–Crippen MR) is 84.1 cm³/mol. The minimum atomic E-state index is -0.309. The van der Waals surface area contributed by atoms with E-state index >= 15 is 0 Å².